The lowest BCUT2D eigenvalue weighted by atomic mass is 9.86. The van der Waals surface area contributed by atoms with Crippen LogP contribution in [0.5, 0.6) is 0 Å². The second kappa shape index (κ2) is 5.16. The summed E-state index contributed by atoms with van der Waals surface area (Å²) in [6.07, 6.45) is 4.01. The highest BCUT2D eigenvalue weighted by Gasteiger charge is 2.58. The molecule has 0 radical (unpaired) electrons. The molecule has 1 aromatic heterocycles. The highest BCUT2D eigenvalue weighted by atomic mass is 16.6. The monoisotopic (exact) mass is 291 g/mol. The maximum Gasteiger partial charge on any atom is 0.293 e. The first-order chi connectivity index (χ1) is 10.1. The molecule has 1 aliphatic heterocycles. The molecule has 2 aliphatic rings. The molecule has 21 heavy (non-hydrogen) atoms. The van der Waals surface area contributed by atoms with E-state index in [-0.39, 0.29) is 23.8 Å². The van der Waals surface area contributed by atoms with E-state index in [1.807, 2.05) is 7.05 Å². The summed E-state index contributed by atoms with van der Waals surface area (Å²) in [5.41, 5.74) is -0.0733. The second-order valence-corrected chi connectivity index (χ2v) is 5.64. The lowest BCUT2D eigenvalue weighted by Crippen LogP contribution is -2.44. The van der Waals surface area contributed by atoms with Crippen LogP contribution in [0.1, 0.15) is 30.9 Å². The number of hydrogen-bond acceptors (Lipinski definition) is 6. The van der Waals surface area contributed by atoms with Gasteiger partial charge in [-0.2, -0.15) is 0 Å². The molecule has 1 saturated carbocycles. The van der Waals surface area contributed by atoms with E-state index in [9.17, 15) is 14.9 Å². The van der Waals surface area contributed by atoms with Crippen LogP contribution < -0.4 is 5.32 Å². The Bertz CT molecular complexity index is 585. The molecule has 112 valence electrons. The molecular formula is C14H17N3O4. The Hall–Kier alpha value is -1.86. The maximum absolute atomic E-state index is 12.4. The Kier molecular flexibility index (Phi) is 3.46. The summed E-state index contributed by atoms with van der Waals surface area (Å²) in [6.45, 7) is 0.587. The van der Waals surface area contributed by atoms with Crippen LogP contribution in [-0.4, -0.2) is 34.9 Å². The lowest BCUT2D eigenvalue weighted by Gasteiger charge is -2.36. The summed E-state index contributed by atoms with van der Waals surface area (Å²) in [5.74, 6) is -0.0381. The van der Waals surface area contributed by atoms with E-state index >= 15 is 0 Å². The zero-order valence-corrected chi connectivity index (χ0v) is 11.7. The molecule has 7 heteroatoms. The fraction of sp³-hybridized carbons (Fsp3) is 0.571. The predicted molar refractivity (Wildman–Crippen MR) is 73.7 cm³/mol. The lowest BCUT2D eigenvalue weighted by molar-refractivity contribution is -0.386. The van der Waals surface area contributed by atoms with Crippen LogP contribution in [-0.2, 0) is 9.53 Å². The number of nitrogens with zero attached hydrogens (tertiary/aromatic N) is 2. The number of carbonyl (C=O) groups excluding carboxylic acids is 1. The quantitative estimate of drug-likeness (QED) is 0.665. The van der Waals surface area contributed by atoms with Gasteiger partial charge in [0.1, 0.15) is 12.0 Å². The van der Waals surface area contributed by atoms with E-state index in [0.717, 1.165) is 12.8 Å². The average molecular weight is 291 g/mol. The first-order valence-corrected chi connectivity index (χ1v) is 7.01. The van der Waals surface area contributed by atoms with Gasteiger partial charge in [0.2, 0.25) is 0 Å². The van der Waals surface area contributed by atoms with Gasteiger partial charge in [0.25, 0.3) is 5.69 Å². The van der Waals surface area contributed by atoms with Crippen molar-refractivity contribution in [1.82, 2.24) is 10.3 Å². The Morgan fingerprint density at radius 3 is 2.95 bits per heavy atom. The molecule has 2 heterocycles. The molecule has 7 nitrogen and oxygen atoms in total. The van der Waals surface area contributed by atoms with Crippen LogP contribution in [0.2, 0.25) is 0 Å². The van der Waals surface area contributed by atoms with Gasteiger partial charge in [-0.05, 0) is 26.0 Å². The van der Waals surface area contributed by atoms with Crippen molar-refractivity contribution < 1.29 is 14.5 Å². The number of ether oxygens (including phenoxy) is 1. The van der Waals surface area contributed by atoms with Crippen LogP contribution >= 0.6 is 0 Å². The zero-order chi connectivity index (χ0) is 15.0. The number of hydrogen-bond donors (Lipinski definition) is 1. The number of Topliss-reactive ketones (excluding diaryl/α,β-unsaturated/α-hetero) is 1. The van der Waals surface area contributed by atoms with Crippen molar-refractivity contribution in [2.75, 3.05) is 13.6 Å². The third-order valence-electron chi connectivity index (χ3n) is 4.31. The molecule has 0 bridgehead atoms. The molecule has 1 spiro atoms. The van der Waals surface area contributed by atoms with Crippen LogP contribution in [0.15, 0.2) is 18.5 Å². The van der Waals surface area contributed by atoms with Gasteiger partial charge >= 0.3 is 0 Å². The van der Waals surface area contributed by atoms with Crippen LogP contribution in [0.25, 0.3) is 0 Å². The van der Waals surface area contributed by atoms with Crippen molar-refractivity contribution in [2.24, 2.45) is 5.92 Å². The molecule has 2 atom stereocenters. The number of aromatic nitrogens is 1. The van der Waals surface area contributed by atoms with Crippen molar-refractivity contribution in [3.05, 3.63) is 34.1 Å². The van der Waals surface area contributed by atoms with Gasteiger partial charge in [-0.15, -0.1) is 0 Å². The van der Waals surface area contributed by atoms with Crippen molar-refractivity contribution in [3.63, 3.8) is 0 Å². The van der Waals surface area contributed by atoms with Crippen LogP contribution in [0, 0.1) is 16.0 Å². The first-order valence-electron chi connectivity index (χ1n) is 7.01. The van der Waals surface area contributed by atoms with Gasteiger partial charge in [-0.3, -0.25) is 19.9 Å². The zero-order valence-electron chi connectivity index (χ0n) is 11.7. The van der Waals surface area contributed by atoms with Gasteiger partial charge in [-0.1, -0.05) is 0 Å². The molecule has 2 unspecified atom stereocenters. The van der Waals surface area contributed by atoms with Crippen molar-refractivity contribution in [2.45, 2.75) is 31.0 Å². The third-order valence-corrected chi connectivity index (χ3v) is 4.31. The topological polar surface area (TPSA) is 94.4 Å². The summed E-state index contributed by atoms with van der Waals surface area (Å²) < 4.78 is 6.10. The summed E-state index contributed by atoms with van der Waals surface area (Å²) in [5, 5.41) is 14.1. The SMILES string of the molecule is CNCC1C(=O)CC(c2ccncc2[N+](=O)[O-])OC12CC2. The Labute approximate surface area is 121 Å². The van der Waals surface area contributed by atoms with Crippen molar-refractivity contribution in [1.29, 1.82) is 0 Å². The fourth-order valence-electron chi connectivity index (χ4n) is 3.11. The summed E-state index contributed by atoms with van der Waals surface area (Å²) in [6, 6.07) is 1.57. The van der Waals surface area contributed by atoms with E-state index in [0.29, 0.717) is 12.1 Å². The minimum absolute atomic E-state index is 0.0850. The third kappa shape index (κ3) is 2.43. The molecule has 0 amide bonds. The molecule has 1 N–H and O–H groups in total. The molecule has 1 aliphatic carbocycles. The van der Waals surface area contributed by atoms with Crippen molar-refractivity contribution in [3.8, 4) is 0 Å². The van der Waals surface area contributed by atoms with Gasteiger partial charge in [0, 0.05) is 19.2 Å². The minimum Gasteiger partial charge on any atom is -0.366 e. The number of pyridine rings is 1. The Morgan fingerprint density at radius 2 is 2.33 bits per heavy atom. The van der Waals surface area contributed by atoms with Gasteiger partial charge in [0.15, 0.2) is 0 Å². The molecule has 1 aromatic rings. The molecule has 2 fully saturated rings. The van der Waals surface area contributed by atoms with Crippen molar-refractivity contribution >= 4 is 11.5 Å². The molecule has 3 rings (SSSR count). The van der Waals surface area contributed by atoms with Gasteiger partial charge < -0.3 is 10.1 Å². The minimum atomic E-state index is -0.545. The Morgan fingerprint density at radius 1 is 1.57 bits per heavy atom. The predicted octanol–water partition coefficient (Wildman–Crippen LogP) is 1.39. The summed E-state index contributed by atoms with van der Waals surface area (Å²) >= 11 is 0. The number of carbonyl (C=O) groups is 1. The van der Waals surface area contributed by atoms with E-state index < -0.39 is 16.6 Å². The summed E-state index contributed by atoms with van der Waals surface area (Å²) in [7, 11) is 1.81. The average Bonchev–Trinajstić information content (AvgIpc) is 3.23. The van der Waals surface area contributed by atoms with E-state index in [4.69, 9.17) is 4.74 Å². The fourth-order valence-corrected chi connectivity index (χ4v) is 3.11. The first kappa shape index (κ1) is 14.1. The summed E-state index contributed by atoms with van der Waals surface area (Å²) in [4.78, 5) is 26.8. The largest absolute Gasteiger partial charge is 0.366 e. The number of nitro groups is 1. The van der Waals surface area contributed by atoms with Gasteiger partial charge in [-0.25, -0.2) is 0 Å². The number of rotatable bonds is 4. The van der Waals surface area contributed by atoms with Crippen LogP contribution in [0.4, 0.5) is 5.69 Å². The molecule has 1 saturated heterocycles. The normalized spacial score (nSPS) is 26.8. The van der Waals surface area contributed by atoms with E-state index in [2.05, 4.69) is 10.3 Å². The number of nitrogens with one attached hydrogen (secondary N) is 1. The second-order valence-electron chi connectivity index (χ2n) is 5.64. The standard InChI is InChI=1S/C14H17N3O4/c1-15-7-10-12(18)6-13(21-14(10)3-4-14)9-2-5-16-8-11(9)17(19)20/h2,5,8,10,13,15H,3-4,6-7H2,1H3. The molecule has 0 aromatic carbocycles. The van der Waals surface area contributed by atoms with E-state index in [1.54, 1.807) is 6.07 Å². The number of ketones is 1. The molecular weight excluding hydrogens is 274 g/mol. The van der Waals surface area contributed by atoms with Crippen LogP contribution in [0.3, 0.4) is 0 Å². The highest BCUT2D eigenvalue weighted by Crippen LogP contribution is 2.54. The highest BCUT2D eigenvalue weighted by molar-refractivity contribution is 5.84. The smallest absolute Gasteiger partial charge is 0.293 e. The van der Waals surface area contributed by atoms with E-state index in [1.165, 1.54) is 12.4 Å². The van der Waals surface area contributed by atoms with Gasteiger partial charge in [0.05, 0.1) is 28.1 Å². The Balaban J connectivity index is 1.89. The maximum atomic E-state index is 12.4.